The predicted octanol–water partition coefficient (Wildman–Crippen LogP) is 2.55. The first kappa shape index (κ1) is 14.8. The first-order valence-corrected chi connectivity index (χ1v) is 7.00. The van der Waals surface area contributed by atoms with E-state index in [4.69, 9.17) is 0 Å². The molecule has 0 fully saturated rings. The Kier molecular flexibility index (Phi) is 5.58. The van der Waals surface area contributed by atoms with E-state index in [-0.39, 0.29) is 12.1 Å². The quantitative estimate of drug-likeness (QED) is 0.714. The molecule has 1 aromatic heterocycles. The molecule has 0 saturated carbocycles. The lowest BCUT2D eigenvalue weighted by atomic mass is 10.1. The van der Waals surface area contributed by atoms with Gasteiger partial charge in [-0.3, -0.25) is 0 Å². The number of anilines is 1. The maximum atomic E-state index is 11.8. The Labute approximate surface area is 124 Å². The van der Waals surface area contributed by atoms with Crippen LogP contribution in [0.25, 0.3) is 0 Å². The number of aromatic nitrogens is 1. The monoisotopic (exact) mass is 284 g/mol. The summed E-state index contributed by atoms with van der Waals surface area (Å²) in [6.07, 6.45) is 1.73. The number of nitrogens with one attached hydrogen (secondary N) is 3. The highest BCUT2D eigenvalue weighted by Crippen LogP contribution is 2.10. The normalized spacial score (nSPS) is 11.5. The van der Waals surface area contributed by atoms with Crippen molar-refractivity contribution in [1.29, 1.82) is 0 Å². The SMILES string of the molecule is CC(NC(=O)NCCNc1ccccn1)c1ccccc1. The van der Waals surface area contributed by atoms with E-state index in [0.717, 1.165) is 11.4 Å². The van der Waals surface area contributed by atoms with Gasteiger partial charge in [0.2, 0.25) is 0 Å². The van der Waals surface area contributed by atoms with Gasteiger partial charge in [0, 0.05) is 19.3 Å². The lowest BCUT2D eigenvalue weighted by molar-refractivity contribution is 0.238. The largest absolute Gasteiger partial charge is 0.368 e. The summed E-state index contributed by atoms with van der Waals surface area (Å²) < 4.78 is 0. The maximum Gasteiger partial charge on any atom is 0.315 e. The van der Waals surface area contributed by atoms with Crippen LogP contribution in [0.2, 0.25) is 0 Å². The molecular weight excluding hydrogens is 264 g/mol. The number of hydrogen-bond acceptors (Lipinski definition) is 3. The Balaban J connectivity index is 1.66. The summed E-state index contributed by atoms with van der Waals surface area (Å²) in [4.78, 5) is 15.9. The van der Waals surface area contributed by atoms with E-state index in [1.165, 1.54) is 0 Å². The molecule has 0 radical (unpaired) electrons. The Hall–Kier alpha value is -2.56. The molecule has 0 aliphatic rings. The number of hydrogen-bond donors (Lipinski definition) is 3. The number of rotatable bonds is 6. The van der Waals surface area contributed by atoms with E-state index < -0.39 is 0 Å². The Morgan fingerprint density at radius 3 is 2.57 bits per heavy atom. The average Bonchev–Trinajstić information content (AvgIpc) is 2.53. The van der Waals surface area contributed by atoms with Gasteiger partial charge in [-0.1, -0.05) is 36.4 Å². The van der Waals surface area contributed by atoms with Crippen LogP contribution in [0.4, 0.5) is 10.6 Å². The van der Waals surface area contributed by atoms with Crippen molar-refractivity contribution < 1.29 is 4.79 Å². The fourth-order valence-electron chi connectivity index (χ4n) is 1.91. The molecule has 2 aromatic rings. The van der Waals surface area contributed by atoms with Crippen LogP contribution in [0.1, 0.15) is 18.5 Å². The van der Waals surface area contributed by atoms with Crippen molar-refractivity contribution >= 4 is 11.8 Å². The fraction of sp³-hybridized carbons (Fsp3) is 0.250. The van der Waals surface area contributed by atoms with E-state index in [9.17, 15) is 4.79 Å². The van der Waals surface area contributed by atoms with Crippen LogP contribution < -0.4 is 16.0 Å². The van der Waals surface area contributed by atoms with E-state index in [2.05, 4.69) is 20.9 Å². The van der Waals surface area contributed by atoms with Crippen molar-refractivity contribution in [2.45, 2.75) is 13.0 Å². The van der Waals surface area contributed by atoms with Gasteiger partial charge in [0.1, 0.15) is 5.82 Å². The zero-order valence-electron chi connectivity index (χ0n) is 12.0. The molecule has 5 heteroatoms. The molecule has 21 heavy (non-hydrogen) atoms. The Bertz CT molecular complexity index is 545. The molecule has 1 unspecified atom stereocenters. The van der Waals surface area contributed by atoms with Gasteiger partial charge in [0.15, 0.2) is 0 Å². The summed E-state index contributed by atoms with van der Waals surface area (Å²) >= 11 is 0. The van der Waals surface area contributed by atoms with E-state index >= 15 is 0 Å². The Morgan fingerprint density at radius 2 is 1.86 bits per heavy atom. The fourth-order valence-corrected chi connectivity index (χ4v) is 1.91. The van der Waals surface area contributed by atoms with Gasteiger partial charge in [-0.2, -0.15) is 0 Å². The minimum Gasteiger partial charge on any atom is -0.368 e. The summed E-state index contributed by atoms with van der Waals surface area (Å²) in [5, 5.41) is 8.85. The molecule has 0 spiro atoms. The topological polar surface area (TPSA) is 66.1 Å². The number of nitrogens with zero attached hydrogens (tertiary/aromatic N) is 1. The van der Waals surface area contributed by atoms with Crippen molar-refractivity contribution in [2.75, 3.05) is 18.4 Å². The molecule has 0 aliphatic heterocycles. The van der Waals surface area contributed by atoms with Gasteiger partial charge >= 0.3 is 6.03 Å². The third-order valence-electron chi connectivity index (χ3n) is 3.03. The third kappa shape index (κ3) is 5.14. The van der Waals surface area contributed by atoms with Crippen molar-refractivity contribution in [2.24, 2.45) is 0 Å². The minimum atomic E-state index is -0.172. The van der Waals surface area contributed by atoms with E-state index in [1.54, 1.807) is 6.20 Å². The van der Waals surface area contributed by atoms with Gasteiger partial charge in [-0.05, 0) is 24.6 Å². The van der Waals surface area contributed by atoms with Gasteiger partial charge in [0.25, 0.3) is 0 Å². The number of carbonyl (C=O) groups excluding carboxylic acids is 1. The van der Waals surface area contributed by atoms with Crippen molar-refractivity contribution in [3.8, 4) is 0 Å². The molecule has 2 amide bonds. The van der Waals surface area contributed by atoms with Crippen LogP contribution in [-0.4, -0.2) is 24.1 Å². The summed E-state index contributed by atoms with van der Waals surface area (Å²) in [6, 6.07) is 15.3. The second-order valence-corrected chi connectivity index (χ2v) is 4.67. The molecule has 5 nitrogen and oxygen atoms in total. The van der Waals surface area contributed by atoms with Gasteiger partial charge in [0.05, 0.1) is 6.04 Å². The van der Waals surface area contributed by atoms with Gasteiger partial charge < -0.3 is 16.0 Å². The summed E-state index contributed by atoms with van der Waals surface area (Å²) in [5.41, 5.74) is 1.08. The lowest BCUT2D eigenvalue weighted by Crippen LogP contribution is -2.39. The molecule has 0 bridgehead atoms. The third-order valence-corrected chi connectivity index (χ3v) is 3.03. The summed E-state index contributed by atoms with van der Waals surface area (Å²) in [7, 11) is 0. The van der Waals surface area contributed by atoms with Crippen LogP contribution >= 0.6 is 0 Å². The number of amides is 2. The smallest absolute Gasteiger partial charge is 0.315 e. The van der Waals surface area contributed by atoms with E-state index in [1.807, 2.05) is 55.5 Å². The minimum absolute atomic E-state index is 0.0186. The van der Waals surface area contributed by atoms with Crippen LogP contribution in [0.15, 0.2) is 54.7 Å². The van der Waals surface area contributed by atoms with Crippen molar-refractivity contribution in [3.05, 3.63) is 60.3 Å². The average molecular weight is 284 g/mol. The first-order valence-electron chi connectivity index (χ1n) is 7.00. The zero-order chi connectivity index (χ0) is 14.9. The second-order valence-electron chi connectivity index (χ2n) is 4.67. The molecule has 1 heterocycles. The molecule has 1 atom stereocenters. The first-order chi connectivity index (χ1) is 10.3. The Morgan fingerprint density at radius 1 is 1.10 bits per heavy atom. The van der Waals surface area contributed by atoms with Crippen LogP contribution in [0.3, 0.4) is 0 Å². The molecule has 3 N–H and O–H groups in total. The van der Waals surface area contributed by atoms with Gasteiger partial charge in [-0.15, -0.1) is 0 Å². The van der Waals surface area contributed by atoms with Gasteiger partial charge in [-0.25, -0.2) is 9.78 Å². The number of carbonyl (C=O) groups is 1. The number of pyridine rings is 1. The van der Waals surface area contributed by atoms with Crippen LogP contribution in [-0.2, 0) is 0 Å². The van der Waals surface area contributed by atoms with Crippen LogP contribution in [0.5, 0.6) is 0 Å². The van der Waals surface area contributed by atoms with Crippen molar-refractivity contribution in [3.63, 3.8) is 0 Å². The molecular formula is C16H20N4O. The highest BCUT2D eigenvalue weighted by Gasteiger charge is 2.07. The number of urea groups is 1. The highest BCUT2D eigenvalue weighted by molar-refractivity contribution is 5.74. The predicted molar refractivity (Wildman–Crippen MR) is 84.1 cm³/mol. The van der Waals surface area contributed by atoms with Crippen LogP contribution in [0, 0.1) is 0 Å². The zero-order valence-corrected chi connectivity index (χ0v) is 12.0. The molecule has 110 valence electrons. The lowest BCUT2D eigenvalue weighted by Gasteiger charge is -2.15. The second kappa shape index (κ2) is 7.89. The molecule has 0 saturated heterocycles. The molecule has 2 rings (SSSR count). The molecule has 1 aromatic carbocycles. The van der Waals surface area contributed by atoms with E-state index in [0.29, 0.717) is 13.1 Å². The molecule has 0 aliphatic carbocycles. The number of benzene rings is 1. The van der Waals surface area contributed by atoms with Crippen molar-refractivity contribution in [1.82, 2.24) is 15.6 Å². The maximum absolute atomic E-state index is 11.8. The summed E-state index contributed by atoms with van der Waals surface area (Å²) in [5.74, 6) is 0.803. The standard InChI is InChI=1S/C16H20N4O/c1-13(14-7-3-2-4-8-14)20-16(21)19-12-11-18-15-9-5-6-10-17-15/h2-10,13H,11-12H2,1H3,(H,17,18)(H2,19,20,21). The highest BCUT2D eigenvalue weighted by atomic mass is 16.2. The summed E-state index contributed by atoms with van der Waals surface area (Å²) in [6.45, 7) is 3.12.